The van der Waals surface area contributed by atoms with E-state index in [0.29, 0.717) is 61.6 Å². The first-order valence-corrected chi connectivity index (χ1v) is 28.7. The molecule has 0 aliphatic carbocycles. The zero-order chi connectivity index (χ0) is 55.0. The van der Waals surface area contributed by atoms with Crippen molar-refractivity contribution in [3.05, 3.63) is 119 Å². The number of piperidine rings is 4. The highest BCUT2D eigenvalue weighted by molar-refractivity contribution is 6.34. The van der Waals surface area contributed by atoms with Gasteiger partial charge in [0, 0.05) is 49.3 Å². The molecule has 4 aliphatic rings. The number of rotatable bonds is 24. The summed E-state index contributed by atoms with van der Waals surface area (Å²) in [4.78, 5) is 65.0. The number of unbranched alkanes of at least 4 members (excludes halogenated alkanes) is 6. The first kappa shape index (κ1) is 58.2. The number of aryl methyl sites for hydroxylation is 2. The molecule has 0 saturated carbocycles. The van der Waals surface area contributed by atoms with Gasteiger partial charge in [0.2, 0.25) is 0 Å². The first-order chi connectivity index (χ1) is 37.9. The Balaban J connectivity index is 0.878. The number of carbonyl (C=O) groups excluding carboxylic acids is 4. The van der Waals surface area contributed by atoms with Crippen molar-refractivity contribution in [2.75, 3.05) is 50.2 Å². The van der Waals surface area contributed by atoms with Crippen molar-refractivity contribution in [1.29, 1.82) is 0 Å². The van der Waals surface area contributed by atoms with Gasteiger partial charge in [-0.05, 0) is 188 Å². The minimum atomic E-state index is -1.59. The van der Waals surface area contributed by atoms with Crippen LogP contribution in [0.3, 0.4) is 0 Å². The second-order valence-corrected chi connectivity index (χ2v) is 22.0. The molecule has 78 heavy (non-hydrogen) atoms. The third-order valence-corrected chi connectivity index (χ3v) is 16.5. The predicted molar refractivity (Wildman–Crippen MR) is 299 cm³/mol. The fraction of sp³-hybridized carbons (Fsp3) is 0.548. The number of benzene rings is 4. The Kier molecular flexibility index (Phi) is 21.5. The molecule has 16 heteroatoms. The molecular formula is C62H82F2N6O8. The molecule has 4 saturated heterocycles. The average Bonchev–Trinajstić information content (AvgIpc) is 3.56. The van der Waals surface area contributed by atoms with Gasteiger partial charge in [0.1, 0.15) is 23.1 Å². The van der Waals surface area contributed by atoms with Crippen molar-refractivity contribution >= 4 is 35.5 Å². The molecule has 0 radical (unpaired) electrons. The zero-order valence-electron chi connectivity index (χ0n) is 46.3. The van der Waals surface area contributed by atoms with Crippen LogP contribution in [0.25, 0.3) is 0 Å². The molecule has 4 aromatic rings. The van der Waals surface area contributed by atoms with Gasteiger partial charge in [-0.2, -0.15) is 0 Å². The van der Waals surface area contributed by atoms with E-state index in [1.54, 1.807) is 36.4 Å². The quantitative estimate of drug-likeness (QED) is 0.0298. The Hall–Kier alpha value is -5.94. The normalized spacial score (nSPS) is 21.1. The average molecular weight is 1080 g/mol. The number of anilines is 2. The highest BCUT2D eigenvalue weighted by atomic mass is 19.1. The lowest BCUT2D eigenvalue weighted by Crippen LogP contribution is -2.58. The smallest absolute Gasteiger partial charge is 0.426 e. The second-order valence-electron chi connectivity index (χ2n) is 22.0. The molecule has 4 fully saturated rings. The minimum absolute atomic E-state index is 0.203. The molecule has 4 aliphatic heterocycles. The number of nitrogens with one attached hydrogen (secondary N) is 2. The van der Waals surface area contributed by atoms with E-state index in [4.69, 9.17) is 18.9 Å². The summed E-state index contributed by atoms with van der Waals surface area (Å²) in [6, 6.07) is 24.4. The maximum Gasteiger partial charge on any atom is 0.426 e. The van der Waals surface area contributed by atoms with Crippen LogP contribution in [0, 0.1) is 25.5 Å². The minimum Gasteiger partial charge on any atom is -0.495 e. The largest absolute Gasteiger partial charge is 0.495 e. The third kappa shape index (κ3) is 15.7. The Bertz CT molecular complexity index is 2430. The SMILES string of the molecule is COc1ccc(C)cc1N(C(=O)OC(=O)C(=O)OC(=O)N(c1cc(C)ccc1OC)C1CC2CCCC(C1)N2CCCCCCNCc1cccc(F)c1)C1CC2CCCC(C1)N2CCCCCCNCc1cccc(F)c1. The van der Waals surface area contributed by atoms with Crippen LogP contribution in [-0.4, -0.2) is 111 Å². The van der Waals surface area contributed by atoms with Gasteiger partial charge in [-0.25, -0.2) is 28.0 Å². The number of ether oxygens (including phenoxy) is 4. The molecule has 4 bridgehead atoms. The Morgan fingerprint density at radius 2 is 0.910 bits per heavy atom. The second kappa shape index (κ2) is 28.8. The van der Waals surface area contributed by atoms with Crippen LogP contribution in [0.2, 0.25) is 0 Å². The number of nitrogens with zero attached hydrogens (tertiary/aromatic N) is 4. The van der Waals surface area contributed by atoms with E-state index >= 15 is 0 Å². The molecule has 4 heterocycles. The first-order valence-electron chi connectivity index (χ1n) is 28.7. The van der Waals surface area contributed by atoms with Crippen molar-refractivity contribution in [3.63, 3.8) is 0 Å². The topological polar surface area (TPSA) is 142 Å². The molecule has 14 nitrogen and oxygen atoms in total. The summed E-state index contributed by atoms with van der Waals surface area (Å²) in [5.41, 5.74) is 4.47. The third-order valence-electron chi connectivity index (χ3n) is 16.5. The van der Waals surface area contributed by atoms with Crippen LogP contribution >= 0.6 is 0 Å². The maximum absolute atomic E-state index is 14.6. The van der Waals surface area contributed by atoms with Gasteiger partial charge in [0.25, 0.3) is 0 Å². The molecule has 0 spiro atoms. The monoisotopic (exact) mass is 1080 g/mol. The fourth-order valence-corrected chi connectivity index (χ4v) is 12.8. The van der Waals surface area contributed by atoms with Crippen LogP contribution in [0.15, 0.2) is 84.9 Å². The van der Waals surface area contributed by atoms with Crippen molar-refractivity contribution in [2.24, 2.45) is 0 Å². The Morgan fingerprint density at radius 1 is 0.526 bits per heavy atom. The highest BCUT2D eigenvalue weighted by Gasteiger charge is 2.46. The summed E-state index contributed by atoms with van der Waals surface area (Å²) < 4.78 is 49.6. The summed E-state index contributed by atoms with van der Waals surface area (Å²) in [6.07, 6.45) is 15.0. The summed E-state index contributed by atoms with van der Waals surface area (Å²) in [5, 5.41) is 6.85. The van der Waals surface area contributed by atoms with Gasteiger partial charge < -0.3 is 29.6 Å². The number of hydrogen-bond donors (Lipinski definition) is 2. The van der Waals surface area contributed by atoms with E-state index in [1.165, 1.54) is 36.2 Å². The van der Waals surface area contributed by atoms with Gasteiger partial charge >= 0.3 is 24.1 Å². The van der Waals surface area contributed by atoms with Crippen molar-refractivity contribution in [1.82, 2.24) is 20.4 Å². The van der Waals surface area contributed by atoms with Crippen LogP contribution in [0.4, 0.5) is 29.7 Å². The molecular weight excluding hydrogens is 995 g/mol. The Labute approximate surface area is 460 Å². The van der Waals surface area contributed by atoms with Gasteiger partial charge in [0.05, 0.1) is 25.6 Å². The van der Waals surface area contributed by atoms with Crippen LogP contribution in [-0.2, 0) is 32.2 Å². The number of fused-ring (bicyclic) bond motifs is 4. The summed E-state index contributed by atoms with van der Waals surface area (Å²) in [5.74, 6) is -2.78. The lowest BCUT2D eigenvalue weighted by molar-refractivity contribution is -0.159. The standard InChI is InChI=1S/C62H82F2N6O8/c1-43-25-27-57(75-3)55(33-43)69(53-37-49-21-15-22-50(38-53)67(49)31-11-7-5-9-29-65-41-45-17-13-19-47(63)35-45)61(73)77-59(71)60(72)78-62(74)70(56-34-44(2)26-28-58(56)76-4)54-39-51-23-16-24-52(40-54)68(51)32-12-8-6-10-30-66-42-46-18-14-20-48(64)36-46/h13-14,17-20,25-28,33-36,49-54,65-66H,5-12,15-16,21-24,29-32,37-42H2,1-4H3. The van der Waals surface area contributed by atoms with E-state index in [2.05, 4.69) is 20.4 Å². The molecule has 8 rings (SSSR count). The molecule has 2 amide bonds. The van der Waals surface area contributed by atoms with Crippen LogP contribution in [0.1, 0.15) is 138 Å². The highest BCUT2D eigenvalue weighted by Crippen LogP contribution is 2.43. The number of methoxy groups -OCH3 is 2. The van der Waals surface area contributed by atoms with E-state index in [1.807, 2.05) is 50.2 Å². The van der Waals surface area contributed by atoms with Gasteiger partial charge in [-0.1, -0.05) is 74.9 Å². The lowest BCUT2D eigenvalue weighted by Gasteiger charge is -2.51. The van der Waals surface area contributed by atoms with Crippen LogP contribution < -0.4 is 29.9 Å². The van der Waals surface area contributed by atoms with Gasteiger partial charge in [-0.3, -0.25) is 19.6 Å². The Morgan fingerprint density at radius 3 is 1.28 bits per heavy atom. The fourth-order valence-electron chi connectivity index (χ4n) is 12.8. The zero-order valence-corrected chi connectivity index (χ0v) is 46.3. The van der Waals surface area contributed by atoms with E-state index in [9.17, 15) is 28.0 Å². The molecule has 0 aromatic heterocycles. The van der Waals surface area contributed by atoms with Gasteiger partial charge in [-0.15, -0.1) is 0 Å². The number of amides is 2. The number of carbonyl (C=O) groups is 4. The number of halogens is 2. The number of esters is 2. The summed E-state index contributed by atoms with van der Waals surface area (Å²) in [6.45, 7) is 8.72. The number of hydrogen-bond acceptors (Lipinski definition) is 12. The molecule has 4 atom stereocenters. The lowest BCUT2D eigenvalue weighted by atomic mass is 9.80. The molecule has 4 unspecified atom stereocenters. The molecule has 422 valence electrons. The van der Waals surface area contributed by atoms with Crippen LogP contribution in [0.5, 0.6) is 11.5 Å². The van der Waals surface area contributed by atoms with Crippen molar-refractivity contribution < 1.29 is 46.9 Å². The molecule has 2 N–H and O–H groups in total. The molecule has 4 aromatic carbocycles. The predicted octanol–water partition coefficient (Wildman–Crippen LogP) is 11.7. The summed E-state index contributed by atoms with van der Waals surface area (Å²) >= 11 is 0. The maximum atomic E-state index is 14.6. The van der Waals surface area contributed by atoms with Crippen molar-refractivity contribution in [2.45, 2.75) is 179 Å². The van der Waals surface area contributed by atoms with E-state index in [0.717, 1.165) is 138 Å². The van der Waals surface area contributed by atoms with Crippen molar-refractivity contribution in [3.8, 4) is 11.5 Å². The van der Waals surface area contributed by atoms with Gasteiger partial charge in [0.15, 0.2) is 0 Å². The summed E-state index contributed by atoms with van der Waals surface area (Å²) in [7, 11) is 3.05. The van der Waals surface area contributed by atoms with E-state index < -0.39 is 24.1 Å². The van der Waals surface area contributed by atoms with E-state index in [-0.39, 0.29) is 47.9 Å².